The van der Waals surface area contributed by atoms with Crippen molar-refractivity contribution in [3.05, 3.63) is 102 Å². The molecule has 30 heavy (non-hydrogen) atoms. The molecule has 0 fully saturated rings. The topological polar surface area (TPSA) is 66.5 Å². The number of nitrogens with one attached hydrogen (secondary N) is 1. The van der Waals surface area contributed by atoms with Crippen molar-refractivity contribution in [2.75, 3.05) is 11.9 Å². The molecule has 0 aliphatic carbocycles. The molecule has 0 saturated carbocycles. The summed E-state index contributed by atoms with van der Waals surface area (Å²) in [5, 5.41) is 2.79. The molecule has 1 N–H and O–H groups in total. The fraction of sp³-hybridized carbons (Fsp3) is 0.160. The van der Waals surface area contributed by atoms with Crippen LogP contribution in [0.25, 0.3) is 0 Å². The number of benzene rings is 3. The predicted molar refractivity (Wildman–Crippen MR) is 117 cm³/mol. The standard InChI is InChI=1S/C25H24N2O3/c28-23(26-22-14-8-3-9-15-22)16-17-27(24(29)18-20-10-4-1-5-11-20)25(30)19-21-12-6-2-7-13-21/h1-15H,16-19H2,(H,26,28). The summed E-state index contributed by atoms with van der Waals surface area (Å²) in [6.07, 6.45) is 0.263. The fourth-order valence-corrected chi connectivity index (χ4v) is 3.08. The molecule has 3 rings (SSSR count). The molecular formula is C25H24N2O3. The third-order valence-electron chi connectivity index (χ3n) is 4.62. The van der Waals surface area contributed by atoms with Gasteiger partial charge in [-0.25, -0.2) is 0 Å². The third kappa shape index (κ3) is 6.41. The van der Waals surface area contributed by atoms with Gasteiger partial charge in [0, 0.05) is 18.7 Å². The van der Waals surface area contributed by atoms with Crippen LogP contribution in [0.4, 0.5) is 5.69 Å². The Labute approximate surface area is 176 Å². The molecule has 3 aromatic carbocycles. The molecule has 3 amide bonds. The van der Waals surface area contributed by atoms with Gasteiger partial charge in [-0.2, -0.15) is 0 Å². The zero-order valence-electron chi connectivity index (χ0n) is 16.7. The van der Waals surface area contributed by atoms with E-state index in [0.717, 1.165) is 11.1 Å². The van der Waals surface area contributed by atoms with E-state index in [2.05, 4.69) is 5.32 Å². The van der Waals surface area contributed by atoms with Gasteiger partial charge in [-0.15, -0.1) is 0 Å². The van der Waals surface area contributed by atoms with Gasteiger partial charge in [-0.1, -0.05) is 78.9 Å². The van der Waals surface area contributed by atoms with Crippen molar-refractivity contribution in [3.8, 4) is 0 Å². The molecule has 0 atom stereocenters. The molecule has 152 valence electrons. The number of hydrogen-bond donors (Lipinski definition) is 1. The lowest BCUT2D eigenvalue weighted by Gasteiger charge is -2.21. The monoisotopic (exact) mass is 400 g/mol. The molecule has 0 saturated heterocycles. The van der Waals surface area contributed by atoms with E-state index in [1.165, 1.54) is 4.90 Å². The van der Waals surface area contributed by atoms with Crippen molar-refractivity contribution in [2.45, 2.75) is 19.3 Å². The summed E-state index contributed by atoms with van der Waals surface area (Å²) in [5.41, 5.74) is 2.34. The molecule has 5 nitrogen and oxygen atoms in total. The molecule has 0 bridgehead atoms. The first kappa shape index (κ1) is 21.0. The molecule has 0 aromatic heterocycles. The molecule has 0 unspecified atom stereocenters. The molecule has 0 heterocycles. The first-order valence-electron chi connectivity index (χ1n) is 9.88. The molecule has 0 spiro atoms. The van der Waals surface area contributed by atoms with Crippen LogP contribution in [-0.2, 0) is 27.2 Å². The van der Waals surface area contributed by atoms with E-state index in [0.29, 0.717) is 5.69 Å². The van der Waals surface area contributed by atoms with Crippen molar-refractivity contribution in [3.63, 3.8) is 0 Å². The highest BCUT2D eigenvalue weighted by molar-refractivity contribution is 5.98. The quantitative estimate of drug-likeness (QED) is 0.624. The minimum atomic E-state index is -0.311. The van der Waals surface area contributed by atoms with Crippen LogP contribution in [0.1, 0.15) is 17.5 Å². The van der Waals surface area contributed by atoms with Gasteiger partial charge in [0.15, 0.2) is 0 Å². The number of carbonyl (C=O) groups excluding carboxylic acids is 3. The van der Waals surface area contributed by atoms with Gasteiger partial charge in [0.2, 0.25) is 17.7 Å². The molecule has 0 aliphatic heterocycles. The van der Waals surface area contributed by atoms with Gasteiger partial charge in [-0.05, 0) is 23.3 Å². The van der Waals surface area contributed by atoms with Crippen LogP contribution >= 0.6 is 0 Å². The van der Waals surface area contributed by atoms with Crippen LogP contribution in [0.3, 0.4) is 0 Å². The molecule has 5 heteroatoms. The predicted octanol–water partition coefficient (Wildman–Crippen LogP) is 3.86. The van der Waals surface area contributed by atoms with E-state index >= 15 is 0 Å². The van der Waals surface area contributed by atoms with E-state index in [1.54, 1.807) is 12.1 Å². The van der Waals surface area contributed by atoms with Crippen molar-refractivity contribution < 1.29 is 14.4 Å². The Balaban J connectivity index is 1.67. The zero-order valence-corrected chi connectivity index (χ0v) is 16.7. The average molecular weight is 400 g/mol. The van der Waals surface area contributed by atoms with Crippen LogP contribution in [0.15, 0.2) is 91.0 Å². The number of amides is 3. The number of anilines is 1. The second kappa shape index (κ2) is 10.7. The summed E-state index contributed by atoms with van der Waals surface area (Å²) >= 11 is 0. The maximum atomic E-state index is 12.9. The highest BCUT2D eigenvalue weighted by Crippen LogP contribution is 2.10. The lowest BCUT2D eigenvalue weighted by atomic mass is 10.1. The van der Waals surface area contributed by atoms with E-state index in [1.807, 2.05) is 78.9 Å². The Bertz CT molecular complexity index is 920. The van der Waals surface area contributed by atoms with Crippen molar-refractivity contribution >= 4 is 23.4 Å². The highest BCUT2D eigenvalue weighted by atomic mass is 16.2. The second-order valence-electron chi connectivity index (χ2n) is 6.93. The van der Waals surface area contributed by atoms with Gasteiger partial charge in [-0.3, -0.25) is 19.3 Å². The number of imide groups is 1. The summed E-state index contributed by atoms with van der Waals surface area (Å²) in [7, 11) is 0. The summed E-state index contributed by atoms with van der Waals surface area (Å²) in [4.78, 5) is 39.3. The Hall–Kier alpha value is -3.73. The largest absolute Gasteiger partial charge is 0.326 e. The second-order valence-corrected chi connectivity index (χ2v) is 6.93. The Kier molecular flexibility index (Phi) is 7.50. The highest BCUT2D eigenvalue weighted by Gasteiger charge is 2.22. The normalized spacial score (nSPS) is 10.3. The SMILES string of the molecule is O=C(CCN(C(=O)Cc1ccccc1)C(=O)Cc1ccccc1)Nc1ccccc1. The van der Waals surface area contributed by atoms with Gasteiger partial charge in [0.05, 0.1) is 12.8 Å². The maximum absolute atomic E-state index is 12.9. The Morgan fingerprint density at radius 2 is 1.07 bits per heavy atom. The summed E-state index contributed by atoms with van der Waals surface area (Å²) in [6.45, 7) is 0.0377. The number of para-hydroxylation sites is 1. The first-order valence-corrected chi connectivity index (χ1v) is 9.88. The lowest BCUT2D eigenvalue weighted by Crippen LogP contribution is -2.40. The van der Waals surface area contributed by atoms with Crippen LogP contribution < -0.4 is 5.32 Å². The molecule has 3 aromatic rings. The minimum Gasteiger partial charge on any atom is -0.326 e. The third-order valence-corrected chi connectivity index (χ3v) is 4.62. The van der Waals surface area contributed by atoms with E-state index in [-0.39, 0.29) is 43.5 Å². The minimum absolute atomic E-state index is 0.0377. The van der Waals surface area contributed by atoms with E-state index < -0.39 is 0 Å². The van der Waals surface area contributed by atoms with Gasteiger partial charge in [0.25, 0.3) is 0 Å². The fourth-order valence-electron chi connectivity index (χ4n) is 3.08. The lowest BCUT2D eigenvalue weighted by molar-refractivity contribution is -0.144. The van der Waals surface area contributed by atoms with Crippen LogP contribution in [0.5, 0.6) is 0 Å². The molecule has 0 aliphatic rings. The van der Waals surface area contributed by atoms with Crippen LogP contribution in [0.2, 0.25) is 0 Å². The zero-order chi connectivity index (χ0) is 21.2. The van der Waals surface area contributed by atoms with E-state index in [4.69, 9.17) is 0 Å². The van der Waals surface area contributed by atoms with Crippen molar-refractivity contribution in [1.82, 2.24) is 4.90 Å². The Morgan fingerprint density at radius 3 is 1.53 bits per heavy atom. The first-order chi connectivity index (χ1) is 14.6. The summed E-state index contributed by atoms with van der Waals surface area (Å²) in [5.74, 6) is -0.865. The number of carbonyl (C=O) groups is 3. The van der Waals surface area contributed by atoms with Gasteiger partial charge >= 0.3 is 0 Å². The van der Waals surface area contributed by atoms with Crippen molar-refractivity contribution in [2.24, 2.45) is 0 Å². The van der Waals surface area contributed by atoms with Crippen LogP contribution in [-0.4, -0.2) is 29.2 Å². The smallest absolute Gasteiger partial charge is 0.233 e. The number of hydrogen-bond acceptors (Lipinski definition) is 3. The number of nitrogens with zero attached hydrogens (tertiary/aromatic N) is 1. The van der Waals surface area contributed by atoms with Crippen LogP contribution in [0, 0.1) is 0 Å². The summed E-state index contributed by atoms with van der Waals surface area (Å²) < 4.78 is 0. The van der Waals surface area contributed by atoms with E-state index in [9.17, 15) is 14.4 Å². The molecular weight excluding hydrogens is 376 g/mol. The summed E-state index contributed by atoms with van der Waals surface area (Å²) in [6, 6.07) is 27.6. The molecule has 0 radical (unpaired) electrons. The maximum Gasteiger partial charge on any atom is 0.233 e. The van der Waals surface area contributed by atoms with Gasteiger partial charge < -0.3 is 5.32 Å². The Morgan fingerprint density at radius 1 is 0.633 bits per heavy atom. The van der Waals surface area contributed by atoms with Crippen molar-refractivity contribution in [1.29, 1.82) is 0 Å². The number of rotatable bonds is 8. The average Bonchev–Trinajstić information content (AvgIpc) is 2.76. The van der Waals surface area contributed by atoms with Gasteiger partial charge in [0.1, 0.15) is 0 Å².